The third kappa shape index (κ3) is 2.99. The summed E-state index contributed by atoms with van der Waals surface area (Å²) in [4.78, 5) is 28.0. The lowest BCUT2D eigenvalue weighted by atomic mass is 9.98. The molecule has 2 fully saturated rings. The molecule has 2 bridgehead atoms. The molecule has 148 valence electrons. The van der Waals surface area contributed by atoms with Crippen molar-refractivity contribution >= 4 is 22.8 Å². The van der Waals surface area contributed by atoms with Crippen molar-refractivity contribution in [2.45, 2.75) is 12.1 Å². The molecule has 2 atom stereocenters. The lowest BCUT2D eigenvalue weighted by Gasteiger charge is -2.33. The summed E-state index contributed by atoms with van der Waals surface area (Å²) in [5.74, 6) is 0. The van der Waals surface area contributed by atoms with Gasteiger partial charge in [-0.15, -0.1) is 4.28 Å². The fourth-order valence-corrected chi connectivity index (χ4v) is 4.10. The predicted octanol–water partition coefficient (Wildman–Crippen LogP) is -2.18. The van der Waals surface area contributed by atoms with Gasteiger partial charge in [-0.3, -0.25) is 14.4 Å². The van der Waals surface area contributed by atoms with Crippen LogP contribution in [-0.4, -0.2) is 89.4 Å². The van der Waals surface area contributed by atoms with E-state index in [1.54, 1.807) is 15.9 Å². The molecule has 4 rings (SSSR count). The van der Waals surface area contributed by atoms with Crippen molar-refractivity contribution < 1.29 is 26.8 Å². The van der Waals surface area contributed by atoms with Gasteiger partial charge in [-0.2, -0.15) is 23.4 Å². The summed E-state index contributed by atoms with van der Waals surface area (Å²) < 4.78 is 35.7. The molecule has 13 nitrogen and oxygen atoms in total. The van der Waals surface area contributed by atoms with Crippen LogP contribution in [0.4, 0.5) is 4.79 Å². The van der Waals surface area contributed by atoms with E-state index in [0.29, 0.717) is 42.5 Å². The Morgan fingerprint density at radius 3 is 2.63 bits per heavy atom. The highest BCUT2D eigenvalue weighted by Crippen LogP contribution is 2.43. The fraction of sp³-hybridized carbons (Fsp3) is 0.615. The molecule has 1 aromatic heterocycles. The molecule has 4 heterocycles. The van der Waals surface area contributed by atoms with Gasteiger partial charge in [0.15, 0.2) is 0 Å². The third-order valence-corrected chi connectivity index (χ3v) is 5.37. The molecule has 0 unspecified atom stereocenters. The summed E-state index contributed by atoms with van der Waals surface area (Å²) in [6, 6.07) is -1.96. The predicted molar refractivity (Wildman–Crippen MR) is 88.9 cm³/mol. The minimum absolute atomic E-state index is 0.0983. The monoisotopic (exact) mass is 401 g/mol. The Labute approximate surface area is 154 Å². The Morgan fingerprint density at radius 2 is 2.04 bits per heavy atom. The van der Waals surface area contributed by atoms with Gasteiger partial charge in [0, 0.05) is 25.2 Å². The van der Waals surface area contributed by atoms with Crippen molar-refractivity contribution in [1.82, 2.24) is 24.8 Å². The number of piperazine rings is 1. The maximum Gasteiger partial charge on any atom is 0.418 e. The molecular weight excluding hydrogens is 382 g/mol. The Kier molecular flexibility index (Phi) is 4.21. The Hall–Kier alpha value is -2.42. The molecule has 27 heavy (non-hydrogen) atoms. The first-order valence-electron chi connectivity index (χ1n) is 8.33. The first kappa shape index (κ1) is 18.0. The molecule has 14 heteroatoms. The van der Waals surface area contributed by atoms with Crippen LogP contribution in [0, 0.1) is 0 Å². The van der Waals surface area contributed by atoms with Gasteiger partial charge in [-0.05, 0) is 0 Å². The van der Waals surface area contributed by atoms with Crippen molar-refractivity contribution in [2.75, 3.05) is 44.3 Å². The molecule has 3 aliphatic rings. The number of nitrogens with zero attached hydrogens (tertiary/aromatic N) is 6. The first-order chi connectivity index (χ1) is 12.8. The number of amides is 3. The van der Waals surface area contributed by atoms with Gasteiger partial charge >= 0.3 is 16.4 Å². The number of urea groups is 1. The summed E-state index contributed by atoms with van der Waals surface area (Å²) in [6.07, 6.45) is 2.51. The topological polar surface area (TPSA) is 155 Å². The van der Waals surface area contributed by atoms with Gasteiger partial charge in [0.2, 0.25) is 6.41 Å². The van der Waals surface area contributed by atoms with Crippen LogP contribution in [0.25, 0.3) is 0 Å². The van der Waals surface area contributed by atoms with E-state index in [1.807, 2.05) is 5.01 Å². The summed E-state index contributed by atoms with van der Waals surface area (Å²) in [7, 11) is -4.86. The summed E-state index contributed by atoms with van der Waals surface area (Å²) in [5.41, 5.74) is 6.99. The van der Waals surface area contributed by atoms with E-state index in [9.17, 15) is 18.0 Å². The highest BCUT2D eigenvalue weighted by atomic mass is 32.3. The number of fused-ring (bicyclic) bond motifs is 4. The second-order valence-corrected chi connectivity index (χ2v) is 7.52. The number of aromatic nitrogens is 2. The van der Waals surface area contributed by atoms with E-state index in [2.05, 4.69) is 9.38 Å². The summed E-state index contributed by atoms with van der Waals surface area (Å²) >= 11 is 0. The number of hydroxylamine groups is 2. The highest BCUT2D eigenvalue weighted by Gasteiger charge is 2.51. The Morgan fingerprint density at radius 1 is 1.33 bits per heavy atom. The fourth-order valence-electron chi connectivity index (χ4n) is 3.73. The molecule has 0 radical (unpaired) electrons. The van der Waals surface area contributed by atoms with Gasteiger partial charge < -0.3 is 15.5 Å². The lowest BCUT2D eigenvalue weighted by molar-refractivity contribution is -0.118. The molecule has 2 saturated heterocycles. The highest BCUT2D eigenvalue weighted by molar-refractivity contribution is 7.80. The molecule has 0 aromatic carbocycles. The van der Waals surface area contributed by atoms with Crippen molar-refractivity contribution in [1.29, 1.82) is 0 Å². The van der Waals surface area contributed by atoms with Crippen molar-refractivity contribution in [3.63, 3.8) is 0 Å². The summed E-state index contributed by atoms with van der Waals surface area (Å²) in [5, 5.41) is 7.13. The zero-order valence-electron chi connectivity index (χ0n) is 14.2. The Balaban J connectivity index is 1.66. The SMILES string of the molecule is NC[C@@H]1c2nn(N3CCN(C=O)CC3)cc2[C@H]2CN1C(=O)N2OS(=O)(=O)O. The molecule has 0 saturated carbocycles. The van der Waals surface area contributed by atoms with Gasteiger partial charge in [0.1, 0.15) is 6.04 Å². The standard InChI is InChI=1S/C13H19N7O6S/c14-5-10-12-9(6-19(15-12)17-3-1-16(8-21)2-4-17)11-7-18(10)13(22)20(11)26-27(23,24)25/h6,8,10-11H,1-5,7,14H2,(H,23,24,25)/t10-,11-/m1/s1. The molecule has 3 amide bonds. The van der Waals surface area contributed by atoms with Crippen LogP contribution in [0.15, 0.2) is 6.20 Å². The minimum Gasteiger partial charge on any atom is -0.342 e. The molecule has 0 spiro atoms. The molecule has 0 aliphatic carbocycles. The first-order valence-corrected chi connectivity index (χ1v) is 9.70. The largest absolute Gasteiger partial charge is 0.418 e. The number of carbonyl (C=O) groups is 2. The van der Waals surface area contributed by atoms with Crippen molar-refractivity contribution in [3.05, 3.63) is 17.5 Å². The van der Waals surface area contributed by atoms with E-state index < -0.39 is 28.5 Å². The maximum atomic E-state index is 12.5. The van der Waals surface area contributed by atoms with Gasteiger partial charge in [-0.1, -0.05) is 0 Å². The van der Waals surface area contributed by atoms with Gasteiger partial charge in [-0.25, -0.2) is 4.79 Å². The van der Waals surface area contributed by atoms with Gasteiger partial charge in [0.25, 0.3) is 0 Å². The van der Waals surface area contributed by atoms with E-state index in [0.717, 1.165) is 6.41 Å². The average molecular weight is 401 g/mol. The normalized spacial score (nSPS) is 25.2. The number of rotatable bonds is 5. The van der Waals surface area contributed by atoms with Crippen LogP contribution in [0.1, 0.15) is 23.3 Å². The van der Waals surface area contributed by atoms with Crippen molar-refractivity contribution in [3.8, 4) is 0 Å². The average Bonchev–Trinajstić information content (AvgIpc) is 3.18. The molecule has 1 aromatic rings. The van der Waals surface area contributed by atoms with Crippen LogP contribution in [0.2, 0.25) is 0 Å². The lowest BCUT2D eigenvalue weighted by Crippen LogP contribution is -2.51. The van der Waals surface area contributed by atoms with E-state index in [1.165, 1.54) is 4.90 Å². The zero-order valence-corrected chi connectivity index (χ0v) is 15.0. The van der Waals surface area contributed by atoms with E-state index in [4.69, 9.17) is 10.3 Å². The number of nitrogens with two attached hydrogens (primary N) is 1. The second-order valence-electron chi connectivity index (χ2n) is 6.52. The molecule has 3 aliphatic heterocycles. The smallest absolute Gasteiger partial charge is 0.342 e. The zero-order chi connectivity index (χ0) is 19.3. The number of carbonyl (C=O) groups excluding carboxylic acids is 2. The van der Waals surface area contributed by atoms with Crippen LogP contribution in [0.5, 0.6) is 0 Å². The molecular formula is C13H19N7O6S. The minimum atomic E-state index is -4.86. The van der Waals surface area contributed by atoms with Crippen LogP contribution in [-0.2, 0) is 19.5 Å². The number of hydrogen-bond acceptors (Lipinski definition) is 8. The Bertz CT molecular complexity index is 865. The number of hydrogen-bond donors (Lipinski definition) is 2. The maximum absolute atomic E-state index is 12.5. The second kappa shape index (κ2) is 6.33. The van der Waals surface area contributed by atoms with Crippen LogP contribution >= 0.6 is 0 Å². The van der Waals surface area contributed by atoms with Crippen molar-refractivity contribution in [2.24, 2.45) is 5.73 Å². The summed E-state index contributed by atoms with van der Waals surface area (Å²) in [6.45, 7) is 2.53. The third-order valence-electron chi connectivity index (χ3n) is 5.03. The van der Waals surface area contributed by atoms with Crippen LogP contribution in [0.3, 0.4) is 0 Å². The quantitative estimate of drug-likeness (QED) is 0.414. The van der Waals surface area contributed by atoms with Crippen LogP contribution < -0.4 is 10.7 Å². The van der Waals surface area contributed by atoms with E-state index >= 15 is 0 Å². The van der Waals surface area contributed by atoms with Gasteiger partial charge in [0.05, 0.1) is 37.6 Å². The van der Waals surface area contributed by atoms with E-state index in [-0.39, 0.29) is 13.1 Å². The molecule has 3 N–H and O–H groups in total.